The van der Waals surface area contributed by atoms with Crippen molar-refractivity contribution in [2.24, 2.45) is 5.73 Å². The molecule has 0 aliphatic carbocycles. The Hall–Kier alpha value is -2.86. The molecule has 1 saturated heterocycles. The molecule has 0 aromatic heterocycles. The summed E-state index contributed by atoms with van der Waals surface area (Å²) in [6, 6.07) is 5.47. The first-order valence-corrected chi connectivity index (χ1v) is 10.4. The van der Waals surface area contributed by atoms with Crippen LogP contribution in [0.25, 0.3) is 0 Å². The van der Waals surface area contributed by atoms with Crippen LogP contribution in [-0.4, -0.2) is 69.6 Å². The first-order chi connectivity index (χ1) is 14.3. The van der Waals surface area contributed by atoms with Gasteiger partial charge in [-0.3, -0.25) is 19.7 Å². The van der Waals surface area contributed by atoms with E-state index < -0.39 is 23.0 Å². The van der Waals surface area contributed by atoms with Crippen molar-refractivity contribution in [3.05, 3.63) is 39.9 Å². The van der Waals surface area contributed by atoms with E-state index in [9.17, 15) is 29.6 Å². The number of nitrogens with two attached hydrogens (primary N) is 1. The van der Waals surface area contributed by atoms with E-state index in [1.165, 1.54) is 40.9 Å². The van der Waals surface area contributed by atoms with Crippen molar-refractivity contribution in [1.29, 1.82) is 0 Å². The van der Waals surface area contributed by atoms with Crippen LogP contribution in [0.3, 0.4) is 0 Å². The summed E-state index contributed by atoms with van der Waals surface area (Å²) in [6.45, 7) is -0.0839. The number of carbonyl (C=O) groups is 3. The molecular weight excluding hydrogens is 416 g/mol. The number of primary amides is 1. The summed E-state index contributed by atoms with van der Waals surface area (Å²) in [6.07, 6.45) is -0.609. The van der Waals surface area contributed by atoms with Crippen molar-refractivity contribution in [3.8, 4) is 0 Å². The molecule has 1 aliphatic heterocycles. The maximum absolute atomic E-state index is 12.4. The average Bonchev–Trinajstić information content (AvgIpc) is 3.08. The van der Waals surface area contributed by atoms with Crippen LogP contribution >= 0.6 is 11.8 Å². The summed E-state index contributed by atoms with van der Waals surface area (Å²) < 4.78 is 5.28. The number of nitrogens with zero attached hydrogens (tertiary/aromatic N) is 2. The fourth-order valence-corrected chi connectivity index (χ4v) is 3.96. The van der Waals surface area contributed by atoms with Crippen LogP contribution < -0.4 is 11.1 Å². The van der Waals surface area contributed by atoms with Crippen LogP contribution in [0.15, 0.2) is 24.3 Å². The lowest BCUT2D eigenvalue weighted by Crippen LogP contribution is -2.38. The number of nitro benzene ring substituents is 1. The number of aliphatic hydroxyl groups excluding tert-OH is 1. The Morgan fingerprint density at radius 1 is 1.33 bits per heavy atom. The summed E-state index contributed by atoms with van der Waals surface area (Å²) in [7, 11) is 0. The van der Waals surface area contributed by atoms with Crippen molar-refractivity contribution >= 4 is 35.4 Å². The lowest BCUT2D eigenvalue weighted by Gasteiger charge is -2.23. The van der Waals surface area contributed by atoms with Gasteiger partial charge in [0.05, 0.1) is 24.1 Å². The molecule has 0 saturated carbocycles. The number of non-ortho nitro benzene ring substituents is 1. The number of benzene rings is 1. The fourth-order valence-electron chi connectivity index (χ4n) is 2.87. The number of hydrogen-bond donors (Lipinski definition) is 3. The molecule has 2 atom stereocenters. The van der Waals surface area contributed by atoms with Crippen LogP contribution in [0.1, 0.15) is 18.4 Å². The van der Waals surface area contributed by atoms with E-state index >= 15 is 0 Å². The molecule has 0 radical (unpaired) electrons. The monoisotopic (exact) mass is 440 g/mol. The number of rotatable bonds is 10. The summed E-state index contributed by atoms with van der Waals surface area (Å²) >= 11 is 1.45. The van der Waals surface area contributed by atoms with Crippen molar-refractivity contribution < 1.29 is 29.2 Å². The molecule has 1 aromatic carbocycles. The van der Waals surface area contributed by atoms with Crippen LogP contribution in [0.5, 0.6) is 0 Å². The van der Waals surface area contributed by atoms with E-state index in [2.05, 4.69) is 5.32 Å². The summed E-state index contributed by atoms with van der Waals surface area (Å²) in [4.78, 5) is 46.2. The van der Waals surface area contributed by atoms with E-state index in [0.29, 0.717) is 23.5 Å². The largest absolute Gasteiger partial charge is 0.445 e. The van der Waals surface area contributed by atoms with Crippen LogP contribution in [0.2, 0.25) is 0 Å². The first kappa shape index (κ1) is 23.4. The van der Waals surface area contributed by atoms with Crippen LogP contribution in [0.4, 0.5) is 10.5 Å². The highest BCUT2D eigenvalue weighted by atomic mass is 32.2. The fraction of sp³-hybridized carbons (Fsp3) is 0.500. The van der Waals surface area contributed by atoms with Crippen LogP contribution in [-0.2, 0) is 20.9 Å². The predicted octanol–water partition coefficient (Wildman–Crippen LogP) is 0.391. The van der Waals surface area contributed by atoms with E-state index in [0.717, 1.165) is 0 Å². The molecule has 11 nitrogen and oxygen atoms in total. The number of nitro groups is 1. The Balaban J connectivity index is 1.76. The number of hydrogen-bond acceptors (Lipinski definition) is 8. The summed E-state index contributed by atoms with van der Waals surface area (Å²) in [5.74, 6) is 0.112. The predicted molar refractivity (Wildman–Crippen MR) is 109 cm³/mol. The molecule has 12 heteroatoms. The SMILES string of the molecule is NC(=O)CNC(=O)CCSCC1CC(O)CN1C(=O)OCc1ccc([N+](=O)[O-])cc1. The lowest BCUT2D eigenvalue weighted by atomic mass is 10.2. The zero-order valence-corrected chi connectivity index (χ0v) is 17.0. The molecule has 1 fully saturated rings. The smallest absolute Gasteiger partial charge is 0.410 e. The third kappa shape index (κ3) is 7.52. The second-order valence-electron chi connectivity index (χ2n) is 6.74. The topological polar surface area (TPSA) is 165 Å². The molecule has 0 spiro atoms. The van der Waals surface area contributed by atoms with E-state index in [4.69, 9.17) is 10.5 Å². The second kappa shape index (κ2) is 11.4. The number of ether oxygens (including phenoxy) is 1. The van der Waals surface area contributed by atoms with Gasteiger partial charge in [-0.05, 0) is 24.1 Å². The minimum atomic E-state index is -0.651. The first-order valence-electron chi connectivity index (χ1n) is 9.23. The highest BCUT2D eigenvalue weighted by Gasteiger charge is 2.35. The Kier molecular flexibility index (Phi) is 8.87. The van der Waals surface area contributed by atoms with Gasteiger partial charge in [0.2, 0.25) is 11.8 Å². The molecule has 1 aliphatic rings. The molecule has 4 N–H and O–H groups in total. The van der Waals surface area contributed by atoms with E-state index in [-0.39, 0.29) is 43.8 Å². The third-order valence-corrected chi connectivity index (χ3v) is 5.49. The second-order valence-corrected chi connectivity index (χ2v) is 7.89. The molecule has 3 amide bonds. The molecule has 30 heavy (non-hydrogen) atoms. The maximum Gasteiger partial charge on any atom is 0.410 e. The Morgan fingerprint density at radius 3 is 2.67 bits per heavy atom. The minimum absolute atomic E-state index is 0.0384. The number of aliphatic hydroxyl groups is 1. The normalized spacial score (nSPS) is 18.1. The van der Waals surface area contributed by atoms with Crippen molar-refractivity contribution in [2.45, 2.75) is 31.6 Å². The Labute approximate surface area is 177 Å². The van der Waals surface area contributed by atoms with Gasteiger partial charge in [-0.15, -0.1) is 0 Å². The maximum atomic E-state index is 12.4. The van der Waals surface area contributed by atoms with Gasteiger partial charge in [0, 0.05) is 36.1 Å². The van der Waals surface area contributed by atoms with Gasteiger partial charge in [0.25, 0.3) is 5.69 Å². The van der Waals surface area contributed by atoms with Gasteiger partial charge in [-0.2, -0.15) is 11.8 Å². The van der Waals surface area contributed by atoms with Crippen molar-refractivity contribution in [1.82, 2.24) is 10.2 Å². The van der Waals surface area contributed by atoms with E-state index in [1.807, 2.05) is 0 Å². The number of likely N-dealkylation sites (tertiary alicyclic amines) is 1. The molecular formula is C18H24N4O7S. The lowest BCUT2D eigenvalue weighted by molar-refractivity contribution is -0.384. The highest BCUT2D eigenvalue weighted by Crippen LogP contribution is 2.23. The van der Waals surface area contributed by atoms with Crippen LogP contribution in [0, 0.1) is 10.1 Å². The highest BCUT2D eigenvalue weighted by molar-refractivity contribution is 7.99. The molecule has 2 unspecified atom stereocenters. The zero-order chi connectivity index (χ0) is 22.1. The molecule has 1 aromatic rings. The molecule has 0 bridgehead atoms. The number of β-amino-alcohol motifs (C(OH)–C–C–N with tert-alkyl or cyclic N) is 1. The third-order valence-electron chi connectivity index (χ3n) is 4.38. The van der Waals surface area contributed by atoms with Gasteiger partial charge in [-0.1, -0.05) is 0 Å². The quantitative estimate of drug-likeness (QED) is 0.267. The standard InChI is InChI=1S/C18H24N4O7S/c19-16(24)8-20-17(25)5-6-30-11-14-7-15(23)9-21(14)18(26)29-10-12-1-3-13(4-2-12)22(27)28/h1-4,14-15,23H,5-11H2,(H2,19,24)(H,20,25). The minimum Gasteiger partial charge on any atom is -0.445 e. The summed E-state index contributed by atoms with van der Waals surface area (Å²) in [5.41, 5.74) is 5.52. The van der Waals surface area contributed by atoms with Gasteiger partial charge in [0.1, 0.15) is 6.61 Å². The number of amides is 3. The number of carbonyl (C=O) groups excluding carboxylic acids is 3. The number of thioether (sulfide) groups is 1. The summed E-state index contributed by atoms with van der Waals surface area (Å²) in [5, 5.41) is 23.0. The van der Waals surface area contributed by atoms with Gasteiger partial charge in [-0.25, -0.2) is 4.79 Å². The van der Waals surface area contributed by atoms with Crippen molar-refractivity contribution in [2.75, 3.05) is 24.6 Å². The Morgan fingerprint density at radius 2 is 2.03 bits per heavy atom. The van der Waals surface area contributed by atoms with Crippen molar-refractivity contribution in [3.63, 3.8) is 0 Å². The van der Waals surface area contributed by atoms with Gasteiger partial charge in [0.15, 0.2) is 0 Å². The molecule has 164 valence electrons. The van der Waals surface area contributed by atoms with Gasteiger partial charge >= 0.3 is 6.09 Å². The molecule has 1 heterocycles. The average molecular weight is 440 g/mol. The van der Waals surface area contributed by atoms with E-state index in [1.54, 1.807) is 0 Å². The number of nitrogens with one attached hydrogen (secondary N) is 1. The zero-order valence-electron chi connectivity index (χ0n) is 16.2. The van der Waals surface area contributed by atoms with Gasteiger partial charge < -0.3 is 25.8 Å². The molecule has 2 rings (SSSR count). The Bertz CT molecular complexity index is 774.